The summed E-state index contributed by atoms with van der Waals surface area (Å²) >= 11 is 0. The van der Waals surface area contributed by atoms with E-state index in [9.17, 15) is 18.0 Å². The zero-order valence-corrected chi connectivity index (χ0v) is 18.8. The minimum atomic E-state index is -3.94. The molecule has 0 aromatic heterocycles. The number of rotatable bonds is 5. The van der Waals surface area contributed by atoms with Crippen LogP contribution in [0.4, 0.5) is 11.4 Å². The topological polar surface area (TPSA) is 92.8 Å². The van der Waals surface area contributed by atoms with Gasteiger partial charge in [0.1, 0.15) is 5.75 Å². The molecule has 1 N–H and O–H groups in total. The van der Waals surface area contributed by atoms with Gasteiger partial charge in [-0.15, -0.1) is 0 Å². The van der Waals surface area contributed by atoms with E-state index in [-0.39, 0.29) is 28.3 Å². The molecule has 1 saturated carbocycles. The zero-order chi connectivity index (χ0) is 22.6. The summed E-state index contributed by atoms with van der Waals surface area (Å²) in [5, 5.41) is 0. The van der Waals surface area contributed by atoms with Gasteiger partial charge in [0, 0.05) is 12.0 Å². The molecular weight excluding hydrogens is 416 g/mol. The third-order valence-corrected chi connectivity index (χ3v) is 8.51. The van der Waals surface area contributed by atoms with Crippen LogP contribution in [0.3, 0.4) is 0 Å². The van der Waals surface area contributed by atoms with E-state index in [2.05, 4.69) is 4.72 Å². The highest BCUT2D eigenvalue weighted by atomic mass is 32.2. The van der Waals surface area contributed by atoms with E-state index >= 15 is 0 Å². The Labute approximate surface area is 182 Å². The number of benzene rings is 2. The largest absolute Gasteiger partial charge is 0.497 e. The average Bonchev–Trinajstić information content (AvgIpc) is 2.91. The van der Waals surface area contributed by atoms with Crippen molar-refractivity contribution in [3.8, 4) is 5.75 Å². The van der Waals surface area contributed by atoms with E-state index in [1.54, 1.807) is 36.4 Å². The predicted molar refractivity (Wildman–Crippen MR) is 117 cm³/mol. The average molecular weight is 443 g/mol. The first kappa shape index (κ1) is 21.4. The lowest BCUT2D eigenvalue weighted by Crippen LogP contribution is -2.59. The first-order valence-corrected chi connectivity index (χ1v) is 11.6. The quantitative estimate of drug-likeness (QED) is 0.711. The number of piperidine rings is 1. The molecule has 2 aliphatic rings. The lowest BCUT2D eigenvalue weighted by atomic mass is 9.62. The number of fused-ring (bicyclic) bond motifs is 2. The van der Waals surface area contributed by atoms with Crippen molar-refractivity contribution < 1.29 is 22.7 Å². The summed E-state index contributed by atoms with van der Waals surface area (Å²) in [4.78, 5) is 27.7. The monoisotopic (exact) mass is 442 g/mol. The number of nitrogens with one attached hydrogen (secondary N) is 1. The van der Waals surface area contributed by atoms with E-state index < -0.39 is 20.9 Å². The molecule has 1 heterocycles. The molecule has 7 nitrogen and oxygen atoms in total. The molecular formula is C23H26N2O5S. The zero-order valence-electron chi connectivity index (χ0n) is 18.0. The van der Waals surface area contributed by atoms with Crippen molar-refractivity contribution >= 4 is 33.2 Å². The van der Waals surface area contributed by atoms with Crippen LogP contribution >= 0.6 is 0 Å². The molecule has 2 amide bonds. The second-order valence-corrected chi connectivity index (χ2v) is 10.6. The van der Waals surface area contributed by atoms with Gasteiger partial charge in [-0.2, -0.15) is 0 Å². The summed E-state index contributed by atoms with van der Waals surface area (Å²) < 4.78 is 33.6. The van der Waals surface area contributed by atoms with Crippen molar-refractivity contribution in [2.75, 3.05) is 16.7 Å². The van der Waals surface area contributed by atoms with Crippen molar-refractivity contribution in [1.82, 2.24) is 0 Å². The Balaban J connectivity index is 1.69. The van der Waals surface area contributed by atoms with Crippen molar-refractivity contribution in [3.63, 3.8) is 0 Å². The number of methoxy groups -OCH3 is 1. The van der Waals surface area contributed by atoms with E-state index in [1.165, 1.54) is 24.1 Å². The lowest BCUT2D eigenvalue weighted by molar-refractivity contribution is -0.146. The van der Waals surface area contributed by atoms with Crippen LogP contribution < -0.4 is 14.4 Å². The van der Waals surface area contributed by atoms with Crippen LogP contribution in [0.15, 0.2) is 53.4 Å². The van der Waals surface area contributed by atoms with Crippen LogP contribution in [0, 0.1) is 16.7 Å². The molecule has 8 heteroatoms. The van der Waals surface area contributed by atoms with Gasteiger partial charge in [-0.25, -0.2) is 13.3 Å². The smallest absolute Gasteiger partial charge is 0.261 e. The molecule has 0 radical (unpaired) electrons. The minimum Gasteiger partial charge on any atom is -0.497 e. The van der Waals surface area contributed by atoms with E-state index in [1.807, 2.05) is 20.8 Å². The van der Waals surface area contributed by atoms with Crippen LogP contribution in [0.5, 0.6) is 5.75 Å². The van der Waals surface area contributed by atoms with Gasteiger partial charge in [0.05, 0.1) is 28.8 Å². The summed E-state index contributed by atoms with van der Waals surface area (Å²) in [6.45, 7) is 5.84. The Kier molecular flexibility index (Phi) is 4.88. The fraction of sp³-hybridized carbons (Fsp3) is 0.391. The van der Waals surface area contributed by atoms with Gasteiger partial charge in [-0.1, -0.05) is 32.9 Å². The molecule has 2 atom stereocenters. The first-order chi connectivity index (χ1) is 14.5. The van der Waals surface area contributed by atoms with Gasteiger partial charge >= 0.3 is 0 Å². The maximum atomic E-state index is 13.4. The molecule has 2 fully saturated rings. The first-order valence-electron chi connectivity index (χ1n) is 10.2. The van der Waals surface area contributed by atoms with E-state index in [0.717, 1.165) is 0 Å². The van der Waals surface area contributed by atoms with Crippen molar-refractivity contribution in [3.05, 3.63) is 48.5 Å². The van der Waals surface area contributed by atoms with Crippen LogP contribution in [0.2, 0.25) is 0 Å². The van der Waals surface area contributed by atoms with E-state index in [0.29, 0.717) is 24.3 Å². The standard InChI is InChI=1S/C23H26N2O5S/c1-22(2)19-11-12-23(22,3)21(27)25(20(19)26)16-8-6-10-18(14-16)31(28,29)24-15-7-5-9-17(13-15)30-4/h5-10,13-14,19,24H,11-12H2,1-4H3/t19-,23+/m1/s1. The van der Waals surface area contributed by atoms with Crippen molar-refractivity contribution in [1.29, 1.82) is 0 Å². The fourth-order valence-electron chi connectivity index (χ4n) is 4.75. The number of carbonyl (C=O) groups is 2. The second kappa shape index (κ2) is 7.09. The van der Waals surface area contributed by atoms with Gasteiger partial charge < -0.3 is 4.74 Å². The summed E-state index contributed by atoms with van der Waals surface area (Å²) in [6, 6.07) is 12.5. The molecule has 1 saturated heterocycles. The van der Waals surface area contributed by atoms with Gasteiger partial charge in [-0.05, 0) is 48.6 Å². The second-order valence-electron chi connectivity index (χ2n) is 8.96. The highest BCUT2D eigenvalue weighted by molar-refractivity contribution is 7.92. The Morgan fingerprint density at radius 1 is 1.06 bits per heavy atom. The van der Waals surface area contributed by atoms with Crippen LogP contribution in [-0.4, -0.2) is 27.3 Å². The molecule has 1 aliphatic carbocycles. The Bertz CT molecular complexity index is 1170. The third-order valence-electron chi connectivity index (χ3n) is 7.13. The summed E-state index contributed by atoms with van der Waals surface area (Å²) in [7, 11) is -2.44. The number of amides is 2. The lowest BCUT2D eigenvalue weighted by Gasteiger charge is -2.47. The number of carbonyl (C=O) groups excluding carboxylic acids is 2. The molecule has 0 unspecified atom stereocenters. The SMILES string of the molecule is COc1cccc(NS(=O)(=O)c2cccc(N3C(=O)[C@H]4CC[C@@](C)(C3=O)C4(C)C)c2)c1. The molecule has 2 aromatic carbocycles. The molecule has 164 valence electrons. The highest BCUT2D eigenvalue weighted by Crippen LogP contribution is 2.60. The maximum Gasteiger partial charge on any atom is 0.261 e. The highest BCUT2D eigenvalue weighted by Gasteiger charge is 2.64. The van der Waals surface area contributed by atoms with Gasteiger partial charge in [-0.3, -0.25) is 14.3 Å². The summed E-state index contributed by atoms with van der Waals surface area (Å²) in [6.07, 6.45) is 1.29. The number of anilines is 2. The van der Waals surface area contributed by atoms with Crippen LogP contribution in [-0.2, 0) is 19.6 Å². The van der Waals surface area contributed by atoms with Crippen LogP contribution in [0.1, 0.15) is 33.6 Å². The molecule has 31 heavy (non-hydrogen) atoms. The number of imide groups is 1. The molecule has 4 rings (SSSR count). The maximum absolute atomic E-state index is 13.4. The number of ether oxygens (including phenoxy) is 1. The number of hydrogen-bond acceptors (Lipinski definition) is 5. The Morgan fingerprint density at radius 3 is 2.48 bits per heavy atom. The predicted octanol–water partition coefficient (Wildman–Crippen LogP) is 3.81. The number of nitrogens with zero attached hydrogens (tertiary/aromatic N) is 1. The molecule has 1 aliphatic heterocycles. The van der Waals surface area contributed by atoms with Crippen LogP contribution in [0.25, 0.3) is 0 Å². The summed E-state index contributed by atoms with van der Waals surface area (Å²) in [5.74, 6) is -0.290. The number of hydrogen-bond donors (Lipinski definition) is 1. The molecule has 0 spiro atoms. The third kappa shape index (κ3) is 3.20. The Morgan fingerprint density at radius 2 is 1.77 bits per heavy atom. The molecule has 2 aromatic rings. The van der Waals surface area contributed by atoms with E-state index in [4.69, 9.17) is 4.74 Å². The van der Waals surface area contributed by atoms with Gasteiger partial charge in [0.25, 0.3) is 10.0 Å². The van der Waals surface area contributed by atoms with Crippen molar-refractivity contribution in [2.24, 2.45) is 16.7 Å². The van der Waals surface area contributed by atoms with Gasteiger partial charge in [0.15, 0.2) is 0 Å². The number of sulfonamides is 1. The summed E-state index contributed by atoms with van der Waals surface area (Å²) in [5.41, 5.74) is -0.478. The van der Waals surface area contributed by atoms with Gasteiger partial charge in [0.2, 0.25) is 11.8 Å². The normalized spacial score (nSPS) is 24.9. The minimum absolute atomic E-state index is 0.0317. The fourth-order valence-corrected chi connectivity index (χ4v) is 5.84. The van der Waals surface area contributed by atoms with Crippen molar-refractivity contribution in [2.45, 2.75) is 38.5 Å². The Hall–Kier alpha value is -2.87. The molecule has 2 bridgehead atoms.